The molecule has 190 valence electrons. The number of pyridine rings is 1. The molecule has 1 aliphatic heterocycles. The van der Waals surface area contributed by atoms with Crippen LogP contribution < -0.4 is 14.8 Å². The molecule has 2 aliphatic carbocycles. The second-order valence-corrected chi connectivity index (χ2v) is 13.6. The minimum absolute atomic E-state index is 0.0803. The van der Waals surface area contributed by atoms with E-state index in [1.165, 1.54) is 19.5 Å². The molecule has 2 aromatic heterocycles. The summed E-state index contributed by atoms with van der Waals surface area (Å²) in [5.41, 5.74) is 1.10. The van der Waals surface area contributed by atoms with Crippen LogP contribution in [0.2, 0.25) is 0 Å². The molecule has 3 heterocycles. The van der Waals surface area contributed by atoms with Crippen LogP contribution in [0.1, 0.15) is 44.2 Å². The van der Waals surface area contributed by atoms with Gasteiger partial charge in [-0.05, 0) is 57.6 Å². The summed E-state index contributed by atoms with van der Waals surface area (Å²) in [4.78, 5) is 12.8. The first kappa shape index (κ1) is 24.2. The number of sulfonamides is 1. The van der Waals surface area contributed by atoms with E-state index in [-0.39, 0.29) is 27.5 Å². The quantitative estimate of drug-likeness (QED) is 0.520. The molecule has 0 spiro atoms. The molecule has 3 fully saturated rings. The molecule has 13 heteroatoms. The largest absolute Gasteiger partial charge is 0.489 e. The molecule has 11 nitrogen and oxygen atoms in total. The van der Waals surface area contributed by atoms with E-state index in [4.69, 9.17) is 9.47 Å². The summed E-state index contributed by atoms with van der Waals surface area (Å²) < 4.78 is 63.1. The summed E-state index contributed by atoms with van der Waals surface area (Å²) in [5, 5.41) is 2.68. The van der Waals surface area contributed by atoms with Crippen molar-refractivity contribution in [3.63, 3.8) is 0 Å². The molecule has 0 bridgehead atoms. The Morgan fingerprint density at radius 3 is 2.26 bits per heavy atom. The van der Waals surface area contributed by atoms with Gasteiger partial charge in [-0.15, -0.1) is 0 Å². The predicted molar refractivity (Wildman–Crippen MR) is 128 cm³/mol. The van der Waals surface area contributed by atoms with Crippen molar-refractivity contribution in [2.24, 2.45) is 0 Å². The van der Waals surface area contributed by atoms with Gasteiger partial charge in [0.2, 0.25) is 15.8 Å². The SMILES string of the molecule is COc1c(Nc2ccc(S(=O)(=O)C3CC3)nc2C)ncnc1OC1CCN(S(=O)(=O)C2CC2)CC1. The molecule has 35 heavy (non-hydrogen) atoms. The maximum absolute atomic E-state index is 12.5. The lowest BCUT2D eigenvalue weighted by molar-refractivity contribution is 0.125. The Labute approximate surface area is 205 Å². The average Bonchev–Trinajstić information content (AvgIpc) is 3.72. The van der Waals surface area contributed by atoms with Crippen molar-refractivity contribution in [2.45, 2.75) is 67.1 Å². The van der Waals surface area contributed by atoms with Gasteiger partial charge < -0.3 is 14.8 Å². The van der Waals surface area contributed by atoms with Gasteiger partial charge >= 0.3 is 0 Å². The molecule has 0 aromatic carbocycles. The summed E-state index contributed by atoms with van der Waals surface area (Å²) >= 11 is 0. The summed E-state index contributed by atoms with van der Waals surface area (Å²) in [7, 11) is -5.08. The van der Waals surface area contributed by atoms with Gasteiger partial charge in [0.25, 0.3) is 5.88 Å². The van der Waals surface area contributed by atoms with Crippen molar-refractivity contribution >= 4 is 31.4 Å². The third-order valence-electron chi connectivity index (χ3n) is 6.53. The van der Waals surface area contributed by atoms with Crippen LogP contribution in [-0.2, 0) is 19.9 Å². The smallest absolute Gasteiger partial charge is 0.262 e. The van der Waals surface area contributed by atoms with Crippen molar-refractivity contribution in [1.82, 2.24) is 19.3 Å². The number of piperidine rings is 1. The fraction of sp³-hybridized carbons (Fsp3) is 0.591. The number of hydrogen-bond donors (Lipinski definition) is 1. The van der Waals surface area contributed by atoms with Crippen LogP contribution in [0.25, 0.3) is 0 Å². The average molecular weight is 524 g/mol. The highest BCUT2D eigenvalue weighted by Crippen LogP contribution is 2.37. The molecule has 3 aliphatic rings. The standard InChI is InChI=1S/C22H29N5O6S2/c1-14-18(7-8-19(25-14)34(28,29)16-3-4-16)26-21-20(32-2)22(24-13-23-21)33-15-9-11-27(12-10-15)35(30,31)17-5-6-17/h7-8,13,15-17H,3-6,9-12H2,1-2H3,(H,23,24,26). The first-order chi connectivity index (χ1) is 16.7. The minimum Gasteiger partial charge on any atom is -0.489 e. The Kier molecular flexibility index (Phi) is 6.34. The number of methoxy groups -OCH3 is 1. The predicted octanol–water partition coefficient (Wildman–Crippen LogP) is 2.20. The summed E-state index contributed by atoms with van der Waals surface area (Å²) in [6.07, 6.45) is 5.12. The molecular weight excluding hydrogens is 494 g/mol. The summed E-state index contributed by atoms with van der Waals surface area (Å²) in [6, 6.07) is 3.16. The molecule has 2 aromatic rings. The molecular formula is C22H29N5O6S2. The fourth-order valence-corrected chi connectivity index (χ4v) is 7.65. The number of sulfone groups is 1. The zero-order chi connectivity index (χ0) is 24.8. The lowest BCUT2D eigenvalue weighted by Gasteiger charge is -2.31. The molecule has 5 rings (SSSR count). The van der Waals surface area contributed by atoms with Gasteiger partial charge in [0, 0.05) is 13.1 Å². The maximum Gasteiger partial charge on any atom is 0.262 e. The second-order valence-electron chi connectivity index (χ2n) is 9.17. The third kappa shape index (κ3) is 4.94. The van der Waals surface area contributed by atoms with E-state index in [9.17, 15) is 16.8 Å². The van der Waals surface area contributed by atoms with E-state index in [1.807, 2.05) is 0 Å². The third-order valence-corrected chi connectivity index (χ3v) is 11.1. The van der Waals surface area contributed by atoms with Gasteiger partial charge in [-0.3, -0.25) is 0 Å². The lowest BCUT2D eigenvalue weighted by Crippen LogP contribution is -2.43. The van der Waals surface area contributed by atoms with Crippen molar-refractivity contribution in [3.05, 3.63) is 24.2 Å². The number of ether oxygens (including phenoxy) is 2. The topological polar surface area (TPSA) is 141 Å². The Bertz CT molecular complexity index is 1320. The van der Waals surface area contributed by atoms with Gasteiger partial charge in [0.1, 0.15) is 12.4 Å². The maximum atomic E-state index is 12.5. The van der Waals surface area contributed by atoms with Crippen LogP contribution >= 0.6 is 0 Å². The summed E-state index contributed by atoms with van der Waals surface area (Å²) in [5.74, 6) is 0.913. The van der Waals surface area contributed by atoms with E-state index >= 15 is 0 Å². The Morgan fingerprint density at radius 2 is 1.66 bits per heavy atom. The highest BCUT2D eigenvalue weighted by Gasteiger charge is 2.41. The molecule has 0 amide bonds. The van der Waals surface area contributed by atoms with E-state index in [0.717, 1.165) is 12.8 Å². The molecule has 0 radical (unpaired) electrons. The molecule has 2 saturated carbocycles. The normalized spacial score (nSPS) is 19.9. The highest BCUT2D eigenvalue weighted by atomic mass is 32.2. The number of nitrogens with zero attached hydrogens (tertiary/aromatic N) is 4. The van der Waals surface area contributed by atoms with Gasteiger partial charge in [-0.2, -0.15) is 4.98 Å². The lowest BCUT2D eigenvalue weighted by atomic mass is 10.1. The van der Waals surface area contributed by atoms with Crippen LogP contribution in [-0.4, -0.2) is 72.9 Å². The highest BCUT2D eigenvalue weighted by molar-refractivity contribution is 7.92. The number of aryl methyl sites for hydroxylation is 1. The molecule has 1 saturated heterocycles. The first-order valence-corrected chi connectivity index (χ1v) is 14.8. The fourth-order valence-electron chi connectivity index (χ4n) is 4.16. The minimum atomic E-state index is -3.38. The summed E-state index contributed by atoms with van der Waals surface area (Å²) in [6.45, 7) is 2.56. The van der Waals surface area contributed by atoms with E-state index < -0.39 is 19.9 Å². The van der Waals surface area contributed by atoms with Crippen LogP contribution in [0.3, 0.4) is 0 Å². The van der Waals surface area contributed by atoms with Crippen LogP contribution in [0.4, 0.5) is 11.5 Å². The van der Waals surface area contributed by atoms with Crippen molar-refractivity contribution in [2.75, 3.05) is 25.5 Å². The van der Waals surface area contributed by atoms with Gasteiger partial charge in [0.15, 0.2) is 20.7 Å². The number of aromatic nitrogens is 3. The Morgan fingerprint density at radius 1 is 0.971 bits per heavy atom. The zero-order valence-electron chi connectivity index (χ0n) is 19.7. The monoisotopic (exact) mass is 523 g/mol. The number of rotatable bonds is 9. The van der Waals surface area contributed by atoms with Crippen LogP contribution in [0, 0.1) is 6.92 Å². The Balaban J connectivity index is 1.28. The van der Waals surface area contributed by atoms with Gasteiger partial charge in [-0.25, -0.2) is 31.1 Å². The molecule has 0 atom stereocenters. The number of hydrogen-bond acceptors (Lipinski definition) is 10. The second kappa shape index (κ2) is 9.17. The zero-order valence-corrected chi connectivity index (χ0v) is 21.3. The molecule has 1 N–H and O–H groups in total. The van der Waals surface area contributed by atoms with Gasteiger partial charge in [0.05, 0.1) is 29.0 Å². The number of anilines is 2. The van der Waals surface area contributed by atoms with E-state index in [0.29, 0.717) is 61.7 Å². The van der Waals surface area contributed by atoms with Gasteiger partial charge in [-0.1, -0.05) is 0 Å². The van der Waals surface area contributed by atoms with E-state index in [2.05, 4.69) is 20.3 Å². The van der Waals surface area contributed by atoms with Crippen LogP contribution in [0.5, 0.6) is 11.6 Å². The van der Waals surface area contributed by atoms with Crippen molar-refractivity contribution < 1.29 is 26.3 Å². The Hall–Kier alpha value is -2.51. The first-order valence-electron chi connectivity index (χ1n) is 11.7. The van der Waals surface area contributed by atoms with Crippen molar-refractivity contribution in [3.8, 4) is 11.6 Å². The van der Waals surface area contributed by atoms with Crippen molar-refractivity contribution in [1.29, 1.82) is 0 Å². The van der Waals surface area contributed by atoms with E-state index in [1.54, 1.807) is 17.3 Å². The van der Waals surface area contributed by atoms with Crippen LogP contribution in [0.15, 0.2) is 23.5 Å². The molecule has 0 unspecified atom stereocenters. The number of nitrogens with one attached hydrogen (secondary N) is 1.